The second-order valence-corrected chi connectivity index (χ2v) is 6.21. The Bertz CT molecular complexity index is 676. The molecule has 1 aromatic heterocycles. The lowest BCUT2D eigenvalue weighted by Crippen LogP contribution is -2.11. The molecule has 1 amide bonds. The molecule has 0 spiro atoms. The van der Waals surface area contributed by atoms with Gasteiger partial charge >= 0.3 is 5.97 Å². The fourth-order valence-corrected chi connectivity index (χ4v) is 2.95. The standard InChI is InChI=1S/C12H6Cl3NO3S/c13-6-3-5(12(18)19)4-7(14)10(6)16-11(17)8-1-2-9(15)20-8/h1-4H,(H,16,17)(H,18,19). The topological polar surface area (TPSA) is 66.4 Å². The lowest BCUT2D eigenvalue weighted by molar-refractivity contribution is 0.0696. The molecule has 2 rings (SSSR count). The third kappa shape index (κ3) is 3.24. The van der Waals surface area contributed by atoms with Gasteiger partial charge in [-0.3, -0.25) is 4.79 Å². The molecule has 0 radical (unpaired) electrons. The Kier molecular flexibility index (Phi) is 4.55. The third-order valence-electron chi connectivity index (χ3n) is 2.32. The maximum atomic E-state index is 12.0. The lowest BCUT2D eigenvalue weighted by atomic mass is 10.2. The van der Waals surface area contributed by atoms with Crippen LogP contribution < -0.4 is 5.32 Å². The molecule has 1 aromatic carbocycles. The first-order chi connectivity index (χ1) is 9.38. The van der Waals surface area contributed by atoms with E-state index in [0.717, 1.165) is 11.3 Å². The average Bonchev–Trinajstić information content (AvgIpc) is 2.80. The number of rotatable bonds is 3. The number of hydrogen-bond acceptors (Lipinski definition) is 3. The molecule has 0 saturated heterocycles. The summed E-state index contributed by atoms with van der Waals surface area (Å²) in [6.07, 6.45) is 0. The van der Waals surface area contributed by atoms with E-state index in [1.54, 1.807) is 12.1 Å². The summed E-state index contributed by atoms with van der Waals surface area (Å²) in [5.74, 6) is -1.58. The fraction of sp³-hybridized carbons (Fsp3) is 0. The summed E-state index contributed by atoms with van der Waals surface area (Å²) in [7, 11) is 0. The molecule has 104 valence electrons. The minimum atomic E-state index is -1.16. The average molecular weight is 351 g/mol. The van der Waals surface area contributed by atoms with Crippen molar-refractivity contribution in [3.63, 3.8) is 0 Å². The van der Waals surface area contributed by atoms with Crippen molar-refractivity contribution in [3.05, 3.63) is 49.1 Å². The van der Waals surface area contributed by atoms with Gasteiger partial charge in [-0.2, -0.15) is 0 Å². The first-order valence-corrected chi connectivity index (χ1v) is 7.12. The number of anilines is 1. The molecule has 0 unspecified atom stereocenters. The molecule has 0 aliphatic rings. The van der Waals surface area contributed by atoms with E-state index >= 15 is 0 Å². The van der Waals surface area contributed by atoms with Crippen LogP contribution >= 0.6 is 46.1 Å². The molecule has 2 N–H and O–H groups in total. The van der Waals surface area contributed by atoms with Gasteiger partial charge in [-0.1, -0.05) is 34.8 Å². The second kappa shape index (κ2) is 6.01. The highest BCUT2D eigenvalue weighted by Crippen LogP contribution is 2.33. The van der Waals surface area contributed by atoms with Crippen molar-refractivity contribution in [2.24, 2.45) is 0 Å². The van der Waals surface area contributed by atoms with E-state index in [2.05, 4.69) is 5.32 Å². The van der Waals surface area contributed by atoms with E-state index < -0.39 is 11.9 Å². The van der Waals surface area contributed by atoms with Gasteiger partial charge < -0.3 is 10.4 Å². The van der Waals surface area contributed by atoms with Crippen molar-refractivity contribution >= 4 is 63.7 Å². The summed E-state index contributed by atoms with van der Waals surface area (Å²) in [6, 6.07) is 5.59. The fourth-order valence-electron chi connectivity index (χ4n) is 1.43. The number of carboxylic acid groups (broad SMARTS) is 1. The zero-order chi connectivity index (χ0) is 14.9. The minimum Gasteiger partial charge on any atom is -0.478 e. The molecular weight excluding hydrogens is 345 g/mol. The number of carbonyl (C=O) groups excluding carboxylic acids is 1. The highest BCUT2D eigenvalue weighted by molar-refractivity contribution is 7.18. The first-order valence-electron chi connectivity index (χ1n) is 5.17. The SMILES string of the molecule is O=C(O)c1cc(Cl)c(NC(=O)c2ccc(Cl)s2)c(Cl)c1. The van der Waals surface area contributed by atoms with E-state index in [0.29, 0.717) is 9.21 Å². The van der Waals surface area contributed by atoms with Crippen LogP contribution in [0.1, 0.15) is 20.0 Å². The number of carbonyl (C=O) groups is 2. The van der Waals surface area contributed by atoms with Crippen LogP contribution in [0.15, 0.2) is 24.3 Å². The largest absolute Gasteiger partial charge is 0.478 e. The van der Waals surface area contributed by atoms with E-state index in [1.165, 1.54) is 12.1 Å². The normalized spacial score (nSPS) is 10.3. The van der Waals surface area contributed by atoms with Gasteiger partial charge in [0.1, 0.15) is 0 Å². The maximum Gasteiger partial charge on any atom is 0.335 e. The molecule has 1 heterocycles. The monoisotopic (exact) mass is 349 g/mol. The van der Waals surface area contributed by atoms with Crippen molar-refractivity contribution in [2.75, 3.05) is 5.32 Å². The number of halogens is 3. The van der Waals surface area contributed by atoms with Crippen LogP contribution in [0.5, 0.6) is 0 Å². The molecule has 0 fully saturated rings. The molecule has 2 aromatic rings. The maximum absolute atomic E-state index is 12.0. The van der Waals surface area contributed by atoms with Crippen molar-refractivity contribution in [3.8, 4) is 0 Å². The van der Waals surface area contributed by atoms with Crippen LogP contribution in [0.3, 0.4) is 0 Å². The van der Waals surface area contributed by atoms with Gasteiger partial charge in [0.15, 0.2) is 0 Å². The number of nitrogens with one attached hydrogen (secondary N) is 1. The van der Waals surface area contributed by atoms with Gasteiger partial charge in [0, 0.05) is 0 Å². The quantitative estimate of drug-likeness (QED) is 0.846. The van der Waals surface area contributed by atoms with Gasteiger partial charge in [-0.15, -0.1) is 11.3 Å². The van der Waals surface area contributed by atoms with Crippen molar-refractivity contribution in [2.45, 2.75) is 0 Å². The van der Waals surface area contributed by atoms with Gasteiger partial charge in [0.25, 0.3) is 5.91 Å². The second-order valence-electron chi connectivity index (χ2n) is 3.68. The summed E-state index contributed by atoms with van der Waals surface area (Å²) in [6.45, 7) is 0. The number of hydrogen-bond donors (Lipinski definition) is 2. The smallest absolute Gasteiger partial charge is 0.335 e. The first kappa shape index (κ1) is 15.1. The third-order valence-corrected chi connectivity index (χ3v) is 4.15. The van der Waals surface area contributed by atoms with Crippen LogP contribution in [0.4, 0.5) is 5.69 Å². The van der Waals surface area contributed by atoms with E-state index in [1.807, 2.05) is 0 Å². The highest BCUT2D eigenvalue weighted by atomic mass is 35.5. The highest BCUT2D eigenvalue weighted by Gasteiger charge is 2.16. The Labute approximate surface area is 132 Å². The van der Waals surface area contributed by atoms with Gasteiger partial charge in [-0.25, -0.2) is 4.79 Å². The Morgan fingerprint density at radius 1 is 1.10 bits per heavy atom. The Hall–Kier alpha value is -1.27. The van der Waals surface area contributed by atoms with Crippen molar-refractivity contribution in [1.29, 1.82) is 0 Å². The summed E-state index contributed by atoms with van der Waals surface area (Å²) in [5.41, 5.74) is 0.102. The van der Waals surface area contributed by atoms with Crippen LogP contribution in [-0.4, -0.2) is 17.0 Å². The minimum absolute atomic E-state index is 0.0471. The van der Waals surface area contributed by atoms with Gasteiger partial charge in [0.2, 0.25) is 0 Å². The van der Waals surface area contributed by atoms with Crippen LogP contribution in [0, 0.1) is 0 Å². The van der Waals surface area contributed by atoms with Gasteiger partial charge in [0.05, 0.1) is 30.5 Å². The lowest BCUT2D eigenvalue weighted by Gasteiger charge is -2.09. The molecule has 20 heavy (non-hydrogen) atoms. The number of benzene rings is 1. The molecular formula is C12H6Cl3NO3S. The summed E-state index contributed by atoms with van der Waals surface area (Å²) in [4.78, 5) is 23.2. The number of amides is 1. The van der Waals surface area contributed by atoms with Crippen LogP contribution in [-0.2, 0) is 0 Å². The zero-order valence-corrected chi connectivity index (χ0v) is 12.7. The molecule has 0 aliphatic carbocycles. The predicted molar refractivity (Wildman–Crippen MR) is 80.7 cm³/mol. The summed E-state index contributed by atoms with van der Waals surface area (Å²) < 4.78 is 0.480. The van der Waals surface area contributed by atoms with E-state index in [-0.39, 0.29) is 21.3 Å². The van der Waals surface area contributed by atoms with Crippen molar-refractivity contribution in [1.82, 2.24) is 0 Å². The Morgan fingerprint density at radius 3 is 2.15 bits per heavy atom. The zero-order valence-electron chi connectivity index (χ0n) is 9.62. The van der Waals surface area contributed by atoms with Crippen LogP contribution in [0.25, 0.3) is 0 Å². The predicted octanol–water partition coefficient (Wildman–Crippen LogP) is 4.66. The Morgan fingerprint density at radius 2 is 1.70 bits per heavy atom. The molecule has 0 atom stereocenters. The molecule has 4 nitrogen and oxygen atoms in total. The number of thiophene rings is 1. The Balaban J connectivity index is 2.30. The van der Waals surface area contributed by atoms with E-state index in [9.17, 15) is 9.59 Å². The van der Waals surface area contributed by atoms with Crippen LogP contribution in [0.2, 0.25) is 14.4 Å². The molecule has 0 aliphatic heterocycles. The summed E-state index contributed by atoms with van der Waals surface area (Å²) >= 11 is 18.7. The van der Waals surface area contributed by atoms with E-state index in [4.69, 9.17) is 39.9 Å². The molecule has 0 saturated carbocycles. The van der Waals surface area contributed by atoms with Crippen molar-refractivity contribution < 1.29 is 14.7 Å². The number of aromatic carboxylic acids is 1. The molecule has 8 heteroatoms. The molecule has 0 bridgehead atoms. The number of carboxylic acids is 1. The van der Waals surface area contributed by atoms with Gasteiger partial charge in [-0.05, 0) is 24.3 Å². The summed E-state index contributed by atoms with van der Waals surface area (Å²) in [5, 5.41) is 11.5.